The molecule has 0 N–H and O–H groups in total. The fourth-order valence-corrected chi connectivity index (χ4v) is 0. The summed E-state index contributed by atoms with van der Waals surface area (Å²) in [5.41, 5.74) is 0. The van der Waals surface area contributed by atoms with E-state index in [4.69, 9.17) is 0 Å². The van der Waals surface area contributed by atoms with Crippen LogP contribution in [0.5, 0.6) is 0 Å². The van der Waals surface area contributed by atoms with Gasteiger partial charge in [-0.1, -0.05) is 0 Å². The molecule has 0 heterocycles. The minimum atomic E-state index is 0. The smallest absolute Gasteiger partial charge is 0 e. The van der Waals surface area contributed by atoms with Crippen LogP contribution in [0.3, 0.4) is 0 Å². The van der Waals surface area contributed by atoms with Gasteiger partial charge < -0.3 is 0 Å². The minimum Gasteiger partial charge on any atom is 0 e. The van der Waals surface area contributed by atoms with E-state index in [9.17, 15) is 0 Å². The van der Waals surface area contributed by atoms with E-state index in [0.29, 0.717) is 0 Å². The molecule has 0 saturated heterocycles. The van der Waals surface area contributed by atoms with Crippen LogP contribution in [0.25, 0.3) is 0 Å². The fourth-order valence-electron chi connectivity index (χ4n) is 0. The number of rotatable bonds is 0. The third-order valence-corrected chi connectivity index (χ3v) is 0. The quantitative estimate of drug-likeness (QED) is 0.401. The molecule has 4 heteroatoms. The first kappa shape index (κ1) is 29.9. The van der Waals surface area contributed by atoms with Gasteiger partial charge in [-0.3, -0.25) is 0 Å². The van der Waals surface area contributed by atoms with Gasteiger partial charge in [0.2, 0.25) is 0 Å². The summed E-state index contributed by atoms with van der Waals surface area (Å²) in [4.78, 5) is 0. The monoisotopic (exact) mass is 513 g/mol. The van der Waals surface area contributed by atoms with Crippen LogP contribution in [-0.2, 0) is 82.9 Å². The van der Waals surface area contributed by atoms with E-state index in [-0.39, 0.29) is 82.9 Å². The first-order chi connectivity index (χ1) is 0. The zero-order valence-corrected chi connectivity index (χ0v) is 11.2. The van der Waals surface area contributed by atoms with Crippen molar-refractivity contribution in [2.24, 2.45) is 0 Å². The Morgan fingerprint density at radius 3 is 1.00 bits per heavy atom. The van der Waals surface area contributed by atoms with E-state index < -0.39 is 0 Å². The molecular weight excluding hydrogens is 513 g/mol. The van der Waals surface area contributed by atoms with E-state index in [1.54, 1.807) is 0 Å². The average Bonchev–Trinajstić information content (AvgIpc) is 0. The Labute approximate surface area is 81.6 Å². The summed E-state index contributed by atoms with van der Waals surface area (Å²) in [6.45, 7) is 0. The maximum Gasteiger partial charge on any atom is 0 e. The molecule has 23 valence electrons. The summed E-state index contributed by atoms with van der Waals surface area (Å²) in [6, 6.07) is 0. The molecule has 0 spiro atoms. The van der Waals surface area contributed by atoms with E-state index in [1.807, 2.05) is 0 Å². The van der Waals surface area contributed by atoms with Crippen molar-refractivity contribution >= 4 is 0 Å². The summed E-state index contributed by atoms with van der Waals surface area (Å²) < 4.78 is 0. The third-order valence-electron chi connectivity index (χ3n) is 0. The van der Waals surface area contributed by atoms with Gasteiger partial charge in [0.1, 0.15) is 0 Å². The van der Waals surface area contributed by atoms with Gasteiger partial charge >= 0.3 is 0 Å². The van der Waals surface area contributed by atoms with Crippen LogP contribution in [-0.4, -0.2) is 0 Å². The molecule has 0 atom stereocenters. The first-order valence-electron chi connectivity index (χ1n) is 0. The summed E-state index contributed by atoms with van der Waals surface area (Å²) in [5, 5.41) is 0. The van der Waals surface area contributed by atoms with Crippen molar-refractivity contribution in [3.63, 3.8) is 0 Å². The van der Waals surface area contributed by atoms with Crippen molar-refractivity contribution in [3.8, 4) is 0 Å². The Bertz CT molecular complexity index is 8.00. The van der Waals surface area contributed by atoms with E-state index in [2.05, 4.69) is 0 Å². The average molecular weight is 513 g/mol. The fraction of sp³-hybridized carbons (Fsp3) is 0. The second kappa shape index (κ2) is 17.3. The molecule has 0 aliphatic rings. The Hall–Kier alpha value is 2.69. The molecule has 0 bridgehead atoms. The second-order valence-corrected chi connectivity index (χ2v) is 0. The van der Waals surface area contributed by atoms with Gasteiger partial charge in [0.15, 0.2) is 0 Å². The largest absolute Gasteiger partial charge is 0 e. The Morgan fingerprint density at radius 1 is 1.00 bits per heavy atom. The van der Waals surface area contributed by atoms with Crippen molar-refractivity contribution in [2.45, 2.75) is 0 Å². The summed E-state index contributed by atoms with van der Waals surface area (Å²) in [7, 11) is 0. The molecule has 3 radical (unpaired) electrons. The van der Waals surface area contributed by atoms with Crippen molar-refractivity contribution in [1.82, 2.24) is 0 Å². The third kappa shape index (κ3) is 8.82. The van der Waals surface area contributed by atoms with E-state index in [0.717, 1.165) is 0 Å². The predicted octanol–water partition coefficient (Wildman–Crippen LogP) is -0.0100. The van der Waals surface area contributed by atoms with Gasteiger partial charge in [0.25, 0.3) is 0 Å². The molecule has 0 unspecified atom stereocenters. The summed E-state index contributed by atoms with van der Waals surface area (Å²) >= 11 is 0. The van der Waals surface area contributed by atoms with Crippen LogP contribution in [0.4, 0.5) is 0 Å². The van der Waals surface area contributed by atoms with Gasteiger partial charge in [-0.05, 0) is 0 Å². The topological polar surface area (TPSA) is 0 Å². The minimum absolute atomic E-state index is 0. The SMILES string of the molecule is [Mn].[Nb].[Ta].[W]. The van der Waals surface area contributed by atoms with Gasteiger partial charge in [0, 0.05) is 82.9 Å². The van der Waals surface area contributed by atoms with Crippen LogP contribution in [0, 0.1) is 0 Å². The summed E-state index contributed by atoms with van der Waals surface area (Å²) in [5.74, 6) is 0. The molecule has 0 fully saturated rings. The zero-order chi connectivity index (χ0) is 0. The normalized spacial score (nSPS) is 0. The Balaban J connectivity index is 0. The van der Waals surface area contributed by atoms with Crippen LogP contribution >= 0.6 is 0 Å². The van der Waals surface area contributed by atoms with Crippen LogP contribution in [0.2, 0.25) is 0 Å². The van der Waals surface area contributed by atoms with Gasteiger partial charge in [-0.2, -0.15) is 0 Å². The maximum atomic E-state index is 0. The van der Waals surface area contributed by atoms with Crippen LogP contribution in [0.15, 0.2) is 0 Å². The first-order valence-corrected chi connectivity index (χ1v) is 0. The number of hydrogen-bond donors (Lipinski definition) is 0. The molecule has 0 aromatic carbocycles. The van der Waals surface area contributed by atoms with Crippen molar-refractivity contribution in [3.05, 3.63) is 0 Å². The predicted molar refractivity (Wildman–Crippen MR) is 0 cm³/mol. The van der Waals surface area contributed by atoms with Gasteiger partial charge in [0.05, 0.1) is 0 Å². The molecule has 0 saturated carbocycles. The van der Waals surface area contributed by atoms with Gasteiger partial charge in [-0.25, -0.2) is 0 Å². The molecule has 0 aromatic rings. The van der Waals surface area contributed by atoms with Gasteiger partial charge in [-0.15, -0.1) is 0 Å². The molecule has 0 amide bonds. The van der Waals surface area contributed by atoms with Crippen molar-refractivity contribution in [2.75, 3.05) is 0 Å². The van der Waals surface area contributed by atoms with Crippen molar-refractivity contribution < 1.29 is 82.9 Å². The Kier molecular flexibility index (Phi) is 130. The number of hydrogen-bond acceptors (Lipinski definition) is 0. The van der Waals surface area contributed by atoms with Crippen LogP contribution in [0.1, 0.15) is 0 Å². The molecule has 0 nitrogen and oxygen atoms in total. The van der Waals surface area contributed by atoms with Crippen molar-refractivity contribution in [1.29, 1.82) is 0 Å². The standard InChI is InChI=1S/Mn.Nb.Ta.W. The summed E-state index contributed by atoms with van der Waals surface area (Å²) in [6.07, 6.45) is 0. The second-order valence-electron chi connectivity index (χ2n) is 0. The molecule has 4 heavy (non-hydrogen) atoms. The van der Waals surface area contributed by atoms with Crippen LogP contribution < -0.4 is 0 Å². The molecule has 0 rings (SSSR count). The Morgan fingerprint density at radius 2 is 1.00 bits per heavy atom. The molecule has 0 aliphatic carbocycles. The molecular formula is MnNbTaW. The molecule has 0 aliphatic heterocycles. The van der Waals surface area contributed by atoms with E-state index >= 15 is 0 Å². The molecule has 0 aromatic heterocycles. The zero-order valence-electron chi connectivity index (χ0n) is 1.68. The maximum absolute atomic E-state index is 0. The van der Waals surface area contributed by atoms with E-state index in [1.165, 1.54) is 0 Å².